The van der Waals surface area contributed by atoms with Gasteiger partial charge in [-0.1, -0.05) is 0 Å². The molecule has 1 aromatic heterocycles. The highest BCUT2D eigenvalue weighted by Crippen LogP contribution is 2.26. The SMILES string of the molecule is CC(Cl)c1nc2ccc(C#N)cc2n1CC(C)S(C)=O. The van der Waals surface area contributed by atoms with E-state index in [1.54, 1.807) is 18.4 Å². The van der Waals surface area contributed by atoms with Crippen LogP contribution < -0.4 is 0 Å². The largest absolute Gasteiger partial charge is 0.326 e. The highest BCUT2D eigenvalue weighted by Gasteiger charge is 2.18. The molecule has 0 saturated carbocycles. The molecule has 0 N–H and O–H groups in total. The molecule has 1 aromatic carbocycles. The summed E-state index contributed by atoms with van der Waals surface area (Å²) >= 11 is 6.19. The fourth-order valence-corrected chi connectivity index (χ4v) is 2.59. The molecule has 2 aromatic rings. The number of imidazole rings is 1. The highest BCUT2D eigenvalue weighted by atomic mass is 35.5. The second-order valence-electron chi connectivity index (χ2n) is 4.82. The van der Waals surface area contributed by atoms with Crippen molar-refractivity contribution in [2.45, 2.75) is 31.0 Å². The summed E-state index contributed by atoms with van der Waals surface area (Å²) in [5.41, 5.74) is 2.25. The summed E-state index contributed by atoms with van der Waals surface area (Å²) in [6.45, 7) is 4.36. The Kier molecular flexibility index (Phi) is 4.46. The second kappa shape index (κ2) is 5.94. The number of hydrogen-bond donors (Lipinski definition) is 0. The predicted molar refractivity (Wildman–Crippen MR) is 82.2 cm³/mol. The number of nitrogens with zero attached hydrogens (tertiary/aromatic N) is 3. The molecule has 0 aliphatic rings. The molecule has 20 heavy (non-hydrogen) atoms. The van der Waals surface area contributed by atoms with Crippen LogP contribution in [0.5, 0.6) is 0 Å². The minimum atomic E-state index is -0.923. The van der Waals surface area contributed by atoms with E-state index in [0.717, 1.165) is 16.9 Å². The lowest BCUT2D eigenvalue weighted by molar-refractivity contribution is 0.632. The van der Waals surface area contributed by atoms with E-state index in [1.165, 1.54) is 0 Å². The number of nitriles is 1. The van der Waals surface area contributed by atoms with Gasteiger partial charge in [0.2, 0.25) is 0 Å². The molecule has 0 fully saturated rings. The summed E-state index contributed by atoms with van der Waals surface area (Å²) in [5, 5.41) is 8.77. The molecule has 1 heterocycles. The van der Waals surface area contributed by atoms with E-state index >= 15 is 0 Å². The van der Waals surface area contributed by atoms with Crippen molar-refractivity contribution in [2.75, 3.05) is 6.26 Å². The van der Waals surface area contributed by atoms with Gasteiger partial charge in [0.05, 0.1) is 28.0 Å². The maximum atomic E-state index is 11.6. The molecule has 0 spiro atoms. The van der Waals surface area contributed by atoms with E-state index in [1.807, 2.05) is 24.5 Å². The maximum Gasteiger partial charge on any atom is 0.127 e. The van der Waals surface area contributed by atoms with Gasteiger partial charge in [-0.3, -0.25) is 4.21 Å². The monoisotopic (exact) mass is 309 g/mol. The van der Waals surface area contributed by atoms with Crippen molar-refractivity contribution in [2.24, 2.45) is 0 Å². The first-order valence-corrected chi connectivity index (χ1v) is 8.36. The molecule has 6 heteroatoms. The topological polar surface area (TPSA) is 58.7 Å². The fraction of sp³-hybridized carbons (Fsp3) is 0.429. The highest BCUT2D eigenvalue weighted by molar-refractivity contribution is 7.84. The van der Waals surface area contributed by atoms with Crippen LogP contribution in [0.2, 0.25) is 0 Å². The summed E-state index contributed by atoms with van der Waals surface area (Å²) in [6.07, 6.45) is 1.69. The minimum Gasteiger partial charge on any atom is -0.326 e. The van der Waals surface area contributed by atoms with Gasteiger partial charge >= 0.3 is 0 Å². The number of halogens is 1. The Morgan fingerprint density at radius 2 is 2.20 bits per heavy atom. The number of aromatic nitrogens is 2. The Bertz CT molecular complexity index is 702. The van der Waals surface area contributed by atoms with Gasteiger partial charge in [0.1, 0.15) is 5.82 Å². The van der Waals surface area contributed by atoms with Crippen molar-refractivity contribution in [1.29, 1.82) is 5.26 Å². The fourth-order valence-electron chi connectivity index (χ4n) is 2.07. The molecular formula is C14H16ClN3OS. The predicted octanol–water partition coefficient (Wildman–Crippen LogP) is 2.97. The van der Waals surface area contributed by atoms with Crippen LogP contribution in [0.4, 0.5) is 0 Å². The van der Waals surface area contributed by atoms with Crippen LogP contribution >= 0.6 is 11.6 Å². The molecule has 0 bridgehead atoms. The first-order chi connectivity index (χ1) is 9.43. The van der Waals surface area contributed by atoms with Gasteiger partial charge in [-0.15, -0.1) is 11.6 Å². The number of hydrogen-bond acceptors (Lipinski definition) is 3. The minimum absolute atomic E-state index is 0.00712. The number of benzene rings is 1. The molecule has 0 radical (unpaired) electrons. The molecule has 2 rings (SSSR count). The Morgan fingerprint density at radius 1 is 1.50 bits per heavy atom. The molecule has 106 valence electrons. The molecular weight excluding hydrogens is 294 g/mol. The van der Waals surface area contributed by atoms with Crippen LogP contribution in [-0.4, -0.2) is 25.3 Å². The third-order valence-electron chi connectivity index (χ3n) is 3.27. The lowest BCUT2D eigenvalue weighted by Crippen LogP contribution is -2.19. The van der Waals surface area contributed by atoms with E-state index in [2.05, 4.69) is 11.1 Å². The molecule has 0 amide bonds. The van der Waals surface area contributed by atoms with Gasteiger partial charge < -0.3 is 4.57 Å². The van der Waals surface area contributed by atoms with E-state index < -0.39 is 10.8 Å². The van der Waals surface area contributed by atoms with Crippen LogP contribution in [0.3, 0.4) is 0 Å². The van der Waals surface area contributed by atoms with Crippen molar-refractivity contribution < 1.29 is 4.21 Å². The lowest BCUT2D eigenvalue weighted by Gasteiger charge is -2.14. The summed E-state index contributed by atoms with van der Waals surface area (Å²) < 4.78 is 13.6. The third kappa shape index (κ3) is 2.87. The molecule has 3 atom stereocenters. The van der Waals surface area contributed by atoms with Crippen molar-refractivity contribution in [3.63, 3.8) is 0 Å². The van der Waals surface area contributed by atoms with Crippen molar-refractivity contribution in [1.82, 2.24) is 9.55 Å². The first kappa shape index (κ1) is 15.0. The van der Waals surface area contributed by atoms with Crippen LogP contribution in [0.1, 0.15) is 30.6 Å². The van der Waals surface area contributed by atoms with Crippen LogP contribution in [0, 0.1) is 11.3 Å². The number of alkyl halides is 1. The lowest BCUT2D eigenvalue weighted by atomic mass is 10.2. The third-order valence-corrected chi connectivity index (χ3v) is 4.75. The zero-order valence-electron chi connectivity index (χ0n) is 11.6. The van der Waals surface area contributed by atoms with Gasteiger partial charge in [-0.2, -0.15) is 5.26 Å². The van der Waals surface area contributed by atoms with E-state index in [9.17, 15) is 4.21 Å². The zero-order chi connectivity index (χ0) is 14.9. The first-order valence-electron chi connectivity index (χ1n) is 6.30. The van der Waals surface area contributed by atoms with E-state index in [4.69, 9.17) is 16.9 Å². The van der Waals surface area contributed by atoms with Crippen molar-refractivity contribution in [3.8, 4) is 6.07 Å². The quantitative estimate of drug-likeness (QED) is 0.816. The Hall–Kier alpha value is -1.38. The average molecular weight is 310 g/mol. The summed E-state index contributed by atoms with van der Waals surface area (Å²) in [6, 6.07) is 7.49. The van der Waals surface area contributed by atoms with E-state index in [0.29, 0.717) is 12.1 Å². The summed E-state index contributed by atoms with van der Waals surface area (Å²) in [4.78, 5) is 4.52. The van der Waals surface area contributed by atoms with Gasteiger partial charge in [0.25, 0.3) is 0 Å². The second-order valence-corrected chi connectivity index (χ2v) is 7.28. The standard InChI is InChI=1S/C14H16ClN3OS/c1-9(20(3)19)8-18-13-6-11(7-16)4-5-12(13)17-14(18)10(2)15/h4-6,9-10H,8H2,1-3H3. The normalized spacial score (nSPS) is 15.8. The van der Waals surface area contributed by atoms with Crippen molar-refractivity contribution in [3.05, 3.63) is 29.6 Å². The average Bonchev–Trinajstić information content (AvgIpc) is 2.76. The Labute approximate surface area is 125 Å². The maximum absolute atomic E-state index is 11.6. The van der Waals surface area contributed by atoms with Crippen LogP contribution in [-0.2, 0) is 17.3 Å². The Morgan fingerprint density at radius 3 is 2.75 bits per heavy atom. The van der Waals surface area contributed by atoms with Gasteiger partial charge in [-0.25, -0.2) is 4.98 Å². The zero-order valence-corrected chi connectivity index (χ0v) is 13.2. The molecule has 4 nitrogen and oxygen atoms in total. The number of fused-ring (bicyclic) bond motifs is 1. The molecule has 3 unspecified atom stereocenters. The van der Waals surface area contributed by atoms with Gasteiger partial charge in [0, 0.05) is 28.9 Å². The van der Waals surface area contributed by atoms with Crippen LogP contribution in [0.15, 0.2) is 18.2 Å². The van der Waals surface area contributed by atoms with Crippen LogP contribution in [0.25, 0.3) is 11.0 Å². The smallest absolute Gasteiger partial charge is 0.127 e. The summed E-state index contributed by atoms with van der Waals surface area (Å²) in [7, 11) is -0.923. The molecule has 0 saturated heterocycles. The van der Waals surface area contributed by atoms with E-state index in [-0.39, 0.29) is 10.6 Å². The molecule has 0 aliphatic heterocycles. The summed E-state index contributed by atoms with van der Waals surface area (Å²) in [5.74, 6) is 0.744. The van der Waals surface area contributed by atoms with Gasteiger partial charge in [0.15, 0.2) is 0 Å². The number of rotatable bonds is 4. The van der Waals surface area contributed by atoms with Gasteiger partial charge in [-0.05, 0) is 32.0 Å². The Balaban J connectivity index is 2.60. The van der Waals surface area contributed by atoms with Crippen molar-refractivity contribution >= 4 is 33.4 Å². The molecule has 0 aliphatic carbocycles.